The quantitative estimate of drug-likeness (QED) is 0.387. The summed E-state index contributed by atoms with van der Waals surface area (Å²) >= 11 is 0. The SMILES string of the molecule is Cc1ccc2c(COC(=O)c3cc(S(=O)(=O)N(C)C)ccc3NCCO)cc(=O)oc2c1. The number of ether oxygens (including phenoxy) is 1. The molecule has 9 nitrogen and oxygen atoms in total. The number of aliphatic hydroxyl groups is 1. The van der Waals surface area contributed by atoms with Gasteiger partial charge in [0.25, 0.3) is 0 Å². The molecule has 32 heavy (non-hydrogen) atoms. The number of benzene rings is 2. The summed E-state index contributed by atoms with van der Waals surface area (Å²) in [4.78, 5) is 24.7. The average molecular weight is 461 g/mol. The van der Waals surface area contributed by atoms with Crippen LogP contribution in [0.3, 0.4) is 0 Å². The average Bonchev–Trinajstić information content (AvgIpc) is 2.75. The highest BCUT2D eigenvalue weighted by Gasteiger charge is 2.22. The minimum absolute atomic E-state index is 0.00973. The molecule has 3 rings (SSSR count). The van der Waals surface area contributed by atoms with E-state index in [4.69, 9.17) is 14.3 Å². The Labute approximate surface area is 185 Å². The van der Waals surface area contributed by atoms with E-state index in [0.29, 0.717) is 22.2 Å². The lowest BCUT2D eigenvalue weighted by molar-refractivity contribution is 0.0474. The lowest BCUT2D eigenvalue weighted by Crippen LogP contribution is -2.23. The standard InChI is InChI=1S/C22H24N2O7S/c1-14-4-6-17-15(11-21(26)31-20(17)10-14)13-30-22(27)18-12-16(32(28,29)24(2)3)5-7-19(18)23-8-9-25/h4-7,10-12,23,25H,8-9,13H2,1-3H3. The Hall–Kier alpha value is -3.21. The van der Waals surface area contributed by atoms with Gasteiger partial charge in [-0.3, -0.25) is 0 Å². The van der Waals surface area contributed by atoms with E-state index in [0.717, 1.165) is 9.87 Å². The summed E-state index contributed by atoms with van der Waals surface area (Å²) in [6.07, 6.45) is 0. The van der Waals surface area contributed by atoms with E-state index in [1.165, 1.54) is 38.4 Å². The van der Waals surface area contributed by atoms with E-state index >= 15 is 0 Å². The molecule has 0 saturated heterocycles. The van der Waals surface area contributed by atoms with Gasteiger partial charge in [0.15, 0.2) is 0 Å². The molecular formula is C22H24N2O7S. The minimum atomic E-state index is -3.78. The fraction of sp³-hybridized carbons (Fsp3) is 0.273. The number of fused-ring (bicyclic) bond motifs is 1. The predicted molar refractivity (Wildman–Crippen MR) is 119 cm³/mol. The van der Waals surface area contributed by atoms with Crippen molar-refractivity contribution in [2.45, 2.75) is 18.4 Å². The number of hydrogen-bond donors (Lipinski definition) is 2. The molecule has 0 bridgehead atoms. The van der Waals surface area contributed by atoms with Gasteiger partial charge in [-0.25, -0.2) is 22.3 Å². The molecule has 3 aromatic rings. The molecular weight excluding hydrogens is 436 g/mol. The second-order valence-electron chi connectivity index (χ2n) is 7.31. The highest BCUT2D eigenvalue weighted by molar-refractivity contribution is 7.89. The van der Waals surface area contributed by atoms with Crippen LogP contribution >= 0.6 is 0 Å². The smallest absolute Gasteiger partial charge is 0.340 e. The number of carbonyl (C=O) groups excluding carboxylic acids is 1. The van der Waals surface area contributed by atoms with Gasteiger partial charge in [-0.05, 0) is 36.8 Å². The molecule has 0 unspecified atom stereocenters. The summed E-state index contributed by atoms with van der Waals surface area (Å²) in [6, 6.07) is 10.6. The van der Waals surface area contributed by atoms with Crippen molar-refractivity contribution >= 4 is 32.6 Å². The first-order valence-electron chi connectivity index (χ1n) is 9.75. The fourth-order valence-corrected chi connectivity index (χ4v) is 4.01. The van der Waals surface area contributed by atoms with Crippen molar-refractivity contribution in [2.75, 3.05) is 32.6 Å². The van der Waals surface area contributed by atoms with Crippen molar-refractivity contribution in [1.82, 2.24) is 4.31 Å². The Morgan fingerprint density at radius 3 is 2.59 bits per heavy atom. The van der Waals surface area contributed by atoms with Gasteiger partial charge in [-0.2, -0.15) is 0 Å². The van der Waals surface area contributed by atoms with Crippen LogP contribution in [0, 0.1) is 6.92 Å². The third-order valence-electron chi connectivity index (χ3n) is 4.76. The molecule has 0 saturated carbocycles. The normalized spacial score (nSPS) is 11.7. The van der Waals surface area contributed by atoms with E-state index in [1.54, 1.807) is 12.1 Å². The van der Waals surface area contributed by atoms with E-state index in [2.05, 4.69) is 5.32 Å². The summed E-state index contributed by atoms with van der Waals surface area (Å²) < 4.78 is 36.7. The Kier molecular flexibility index (Phi) is 6.97. The van der Waals surface area contributed by atoms with Crippen LogP contribution in [0.15, 0.2) is 56.6 Å². The maximum atomic E-state index is 12.9. The molecule has 0 fully saturated rings. The highest BCUT2D eigenvalue weighted by Crippen LogP contribution is 2.24. The highest BCUT2D eigenvalue weighted by atomic mass is 32.2. The van der Waals surface area contributed by atoms with Crippen LogP contribution in [0.1, 0.15) is 21.5 Å². The van der Waals surface area contributed by atoms with Gasteiger partial charge in [0.2, 0.25) is 10.0 Å². The van der Waals surface area contributed by atoms with Crippen molar-refractivity contribution in [1.29, 1.82) is 0 Å². The Balaban J connectivity index is 1.95. The number of aliphatic hydroxyl groups excluding tert-OH is 1. The monoisotopic (exact) mass is 460 g/mol. The van der Waals surface area contributed by atoms with Crippen LogP contribution in [0.4, 0.5) is 5.69 Å². The molecule has 1 aromatic heterocycles. The van der Waals surface area contributed by atoms with Crippen molar-refractivity contribution in [3.8, 4) is 0 Å². The van der Waals surface area contributed by atoms with Crippen LogP contribution < -0.4 is 10.9 Å². The molecule has 2 aromatic carbocycles. The Morgan fingerprint density at radius 2 is 1.91 bits per heavy atom. The second kappa shape index (κ2) is 9.51. The fourth-order valence-electron chi connectivity index (χ4n) is 3.09. The van der Waals surface area contributed by atoms with Crippen molar-refractivity contribution in [3.05, 3.63) is 69.6 Å². The summed E-state index contributed by atoms with van der Waals surface area (Å²) in [6.45, 7) is 1.62. The molecule has 1 heterocycles. The lowest BCUT2D eigenvalue weighted by atomic mass is 10.1. The maximum absolute atomic E-state index is 12.9. The van der Waals surface area contributed by atoms with E-state index < -0.39 is 21.6 Å². The van der Waals surface area contributed by atoms with Crippen LogP contribution in [-0.4, -0.2) is 51.0 Å². The molecule has 0 radical (unpaired) electrons. The molecule has 0 atom stereocenters. The molecule has 170 valence electrons. The van der Waals surface area contributed by atoms with Crippen LogP contribution in [-0.2, 0) is 21.4 Å². The van der Waals surface area contributed by atoms with Crippen LogP contribution in [0.5, 0.6) is 0 Å². The summed E-state index contributed by atoms with van der Waals surface area (Å²) in [5.41, 5.74) is 1.49. The number of carbonyl (C=O) groups is 1. The van der Waals surface area contributed by atoms with E-state index in [9.17, 15) is 18.0 Å². The molecule has 0 aliphatic rings. The zero-order chi connectivity index (χ0) is 23.5. The van der Waals surface area contributed by atoms with E-state index in [1.807, 2.05) is 13.0 Å². The van der Waals surface area contributed by atoms with Gasteiger partial charge >= 0.3 is 11.6 Å². The zero-order valence-electron chi connectivity index (χ0n) is 17.9. The second-order valence-corrected chi connectivity index (χ2v) is 9.46. The predicted octanol–water partition coefficient (Wildman–Crippen LogP) is 2.11. The van der Waals surface area contributed by atoms with Gasteiger partial charge < -0.3 is 19.6 Å². The first-order chi connectivity index (χ1) is 15.1. The van der Waals surface area contributed by atoms with Crippen molar-refractivity contribution < 1.29 is 27.5 Å². The van der Waals surface area contributed by atoms with Crippen LogP contribution in [0.2, 0.25) is 0 Å². The van der Waals surface area contributed by atoms with Gasteiger partial charge in [-0.15, -0.1) is 0 Å². The third-order valence-corrected chi connectivity index (χ3v) is 6.57. The number of nitrogens with one attached hydrogen (secondary N) is 1. The number of nitrogens with zero attached hydrogens (tertiary/aromatic N) is 1. The first kappa shape index (κ1) is 23.5. The number of sulfonamides is 1. The number of rotatable bonds is 8. The topological polar surface area (TPSA) is 126 Å². The number of esters is 1. The minimum Gasteiger partial charge on any atom is -0.457 e. The molecule has 0 amide bonds. The maximum Gasteiger partial charge on any atom is 0.340 e. The summed E-state index contributed by atoms with van der Waals surface area (Å²) in [5.74, 6) is -0.783. The molecule has 0 aliphatic carbocycles. The third kappa shape index (κ3) is 4.98. The lowest BCUT2D eigenvalue weighted by Gasteiger charge is -2.16. The van der Waals surface area contributed by atoms with E-state index in [-0.39, 0.29) is 30.2 Å². The van der Waals surface area contributed by atoms with Gasteiger partial charge in [0, 0.05) is 43.3 Å². The molecule has 2 N–H and O–H groups in total. The molecule has 0 aliphatic heterocycles. The van der Waals surface area contributed by atoms with Crippen LogP contribution in [0.25, 0.3) is 11.0 Å². The molecule has 0 spiro atoms. The van der Waals surface area contributed by atoms with Gasteiger partial charge in [-0.1, -0.05) is 12.1 Å². The number of anilines is 1. The number of hydrogen-bond acceptors (Lipinski definition) is 8. The van der Waals surface area contributed by atoms with Crippen molar-refractivity contribution in [3.63, 3.8) is 0 Å². The summed E-state index contributed by atoms with van der Waals surface area (Å²) in [5, 5.41) is 12.6. The molecule has 10 heteroatoms. The largest absolute Gasteiger partial charge is 0.457 e. The zero-order valence-corrected chi connectivity index (χ0v) is 18.7. The van der Waals surface area contributed by atoms with Crippen molar-refractivity contribution in [2.24, 2.45) is 0 Å². The van der Waals surface area contributed by atoms with Gasteiger partial charge in [0.1, 0.15) is 12.2 Å². The Morgan fingerprint density at radius 1 is 1.16 bits per heavy atom. The van der Waals surface area contributed by atoms with Gasteiger partial charge in [0.05, 0.1) is 17.1 Å². The summed E-state index contributed by atoms with van der Waals surface area (Å²) in [7, 11) is -1.01. The first-order valence-corrected chi connectivity index (χ1v) is 11.2. The number of aryl methyl sites for hydroxylation is 1. The Bertz CT molecular complexity index is 1310.